The van der Waals surface area contributed by atoms with Crippen LogP contribution in [0.5, 0.6) is 0 Å². The van der Waals surface area contributed by atoms with Crippen LogP contribution >= 0.6 is 0 Å². The Kier molecular flexibility index (Phi) is 23.8. The molecule has 0 fully saturated rings. The number of allylic oxidation sites excluding steroid dienone is 6. The van der Waals surface area contributed by atoms with Gasteiger partial charge in [-0.2, -0.15) is 0 Å². The highest BCUT2D eigenvalue weighted by molar-refractivity contribution is 5.68. The van der Waals surface area contributed by atoms with Gasteiger partial charge in [-0.1, -0.05) is 62.6 Å². The number of ether oxygens (including phenoxy) is 1. The molecule has 0 rings (SSSR count). The molecule has 0 saturated heterocycles. The normalized spacial score (nSPS) is 11.1. The van der Waals surface area contributed by atoms with Crippen LogP contribution in [0.1, 0.15) is 71.1 Å². The Morgan fingerprint density at radius 1 is 0.870 bits per heavy atom. The molecule has 0 heterocycles. The van der Waals surface area contributed by atoms with Crippen molar-refractivity contribution in [3.8, 4) is 0 Å². The van der Waals surface area contributed by atoms with Crippen molar-refractivity contribution in [1.82, 2.24) is 0 Å². The van der Waals surface area contributed by atoms with Crippen molar-refractivity contribution < 1.29 is 20.0 Å². The lowest BCUT2D eigenvalue weighted by molar-refractivity contribution is -0.670. The Morgan fingerprint density at radius 3 is 2.00 bits per heavy atom. The van der Waals surface area contributed by atoms with Gasteiger partial charge < -0.3 is 15.3 Å². The topological polar surface area (TPSA) is 69.6 Å². The third-order valence-electron chi connectivity index (χ3n) is 3.26. The minimum atomic E-state index is -0.0869. The monoisotopic (exact) mass is 325 g/mol. The van der Waals surface area contributed by atoms with E-state index in [0.29, 0.717) is 6.42 Å². The zero-order valence-corrected chi connectivity index (χ0v) is 14.7. The van der Waals surface area contributed by atoms with Gasteiger partial charge >= 0.3 is 5.97 Å². The number of carbonyl (C=O) groups is 1. The largest absolute Gasteiger partial charge is 0.727 e. The van der Waals surface area contributed by atoms with E-state index >= 15 is 0 Å². The van der Waals surface area contributed by atoms with E-state index in [4.69, 9.17) is 10.5 Å². The molecule has 4 heteroatoms. The minimum Gasteiger partial charge on any atom is -0.727 e. The number of esters is 1. The maximum atomic E-state index is 10.9. The van der Waals surface area contributed by atoms with Gasteiger partial charge in [-0.3, -0.25) is 4.79 Å². The van der Waals surface area contributed by atoms with Gasteiger partial charge in [-0.25, -0.2) is 0 Å². The van der Waals surface area contributed by atoms with Crippen LogP contribution in [0.25, 0.3) is 0 Å². The first kappa shape index (κ1) is 23.9. The summed E-state index contributed by atoms with van der Waals surface area (Å²) < 4.78 is 4.61. The summed E-state index contributed by atoms with van der Waals surface area (Å²) in [5.74, 6) is -0.0869. The van der Waals surface area contributed by atoms with Crippen molar-refractivity contribution in [2.24, 2.45) is 0 Å². The van der Waals surface area contributed by atoms with Gasteiger partial charge in [0.2, 0.25) is 0 Å². The van der Waals surface area contributed by atoms with E-state index < -0.39 is 0 Å². The summed E-state index contributed by atoms with van der Waals surface area (Å²) >= 11 is 0. The van der Waals surface area contributed by atoms with E-state index in [1.165, 1.54) is 32.8 Å². The van der Waals surface area contributed by atoms with E-state index in [-0.39, 0.29) is 5.97 Å². The Morgan fingerprint density at radius 2 is 1.39 bits per heavy atom. The van der Waals surface area contributed by atoms with Gasteiger partial charge in [0, 0.05) is 6.42 Å². The number of hydrogen-bond donors (Lipinski definition) is 1. The number of hydrogen-bond acceptors (Lipinski definition) is 4. The number of unbranched alkanes of at least 4 members (excludes halogenated alkanes) is 5. The van der Waals surface area contributed by atoms with Crippen LogP contribution in [0, 0.1) is 0 Å². The molecule has 0 amide bonds. The molecule has 0 aliphatic rings. The Balaban J connectivity index is 0. The van der Waals surface area contributed by atoms with Gasteiger partial charge in [0.25, 0.3) is 0 Å². The molecule has 0 radical (unpaired) electrons. The zero-order valence-electron chi connectivity index (χ0n) is 14.7. The third-order valence-corrected chi connectivity index (χ3v) is 3.26. The van der Waals surface area contributed by atoms with Crippen LogP contribution in [0.15, 0.2) is 36.5 Å². The van der Waals surface area contributed by atoms with Crippen molar-refractivity contribution >= 4 is 5.97 Å². The van der Waals surface area contributed by atoms with E-state index in [2.05, 4.69) is 48.1 Å². The van der Waals surface area contributed by atoms with Gasteiger partial charge in [-0.05, 0) is 38.5 Å². The molecule has 0 aromatic carbocycles. The molecule has 23 heavy (non-hydrogen) atoms. The fraction of sp³-hybridized carbons (Fsp3) is 0.632. The Labute approximate surface area is 141 Å². The molecule has 0 atom stereocenters. The molecular weight excluding hydrogens is 292 g/mol. The molecule has 0 aliphatic carbocycles. The molecule has 0 spiro atoms. The first-order valence-corrected chi connectivity index (χ1v) is 8.51. The molecular formula is C19H33O4-. The summed E-state index contributed by atoms with van der Waals surface area (Å²) in [6.07, 6.45) is 24.1. The number of carbonyl (C=O) groups excluding carboxylic acids is 1. The second kappa shape index (κ2) is 22.9. The predicted molar refractivity (Wildman–Crippen MR) is 93.9 cm³/mol. The van der Waals surface area contributed by atoms with Crippen LogP contribution in [0.4, 0.5) is 0 Å². The van der Waals surface area contributed by atoms with Gasteiger partial charge in [0.15, 0.2) is 0 Å². The molecule has 0 bridgehead atoms. The Bertz CT molecular complexity index is 319. The molecule has 0 unspecified atom stereocenters. The maximum Gasteiger partial charge on any atom is 0.305 e. The Hall–Kier alpha value is -1.39. The van der Waals surface area contributed by atoms with Crippen LogP contribution in [0.2, 0.25) is 0 Å². The molecule has 0 aliphatic heterocycles. The second-order valence-electron chi connectivity index (χ2n) is 5.18. The van der Waals surface area contributed by atoms with Crippen LogP contribution < -0.4 is 5.26 Å². The maximum absolute atomic E-state index is 10.9. The summed E-state index contributed by atoms with van der Waals surface area (Å²) in [6, 6.07) is 0. The summed E-state index contributed by atoms with van der Waals surface area (Å²) in [7, 11) is 1.45. The molecule has 0 aromatic heterocycles. The molecule has 0 saturated carbocycles. The fourth-order valence-electron chi connectivity index (χ4n) is 1.99. The van der Waals surface area contributed by atoms with E-state index in [1.807, 2.05) is 0 Å². The lowest BCUT2D eigenvalue weighted by atomic mass is 10.1. The smallest absolute Gasteiger partial charge is 0.305 e. The average Bonchev–Trinajstić information content (AvgIpc) is 2.59. The molecule has 4 nitrogen and oxygen atoms in total. The highest BCUT2D eigenvalue weighted by Gasteiger charge is 1.98. The van der Waals surface area contributed by atoms with E-state index in [9.17, 15) is 4.79 Å². The van der Waals surface area contributed by atoms with Gasteiger partial charge in [0.05, 0.1) is 7.11 Å². The van der Waals surface area contributed by atoms with Crippen molar-refractivity contribution in [1.29, 1.82) is 0 Å². The quantitative estimate of drug-likeness (QED) is 0.177. The SMILES string of the molecule is CC/C=C\C/C=C\C/C=C\CCCCCCCC(=O)OC.[O-]O. The number of methoxy groups -OCH3 is 1. The standard InChI is InChI=1S/C19H32O2.H2O2/c1-3-4-5-6-7-8-9-10-11-12-13-14-15-16-17-18-19(20)21-2;1-2/h4-5,7-8,10-11H,3,6,9,12-18H2,1-2H3;1-2H/p-1/b5-4-,8-7-,11-10-;. The average molecular weight is 325 g/mol. The minimum absolute atomic E-state index is 0.0869. The summed E-state index contributed by atoms with van der Waals surface area (Å²) in [4.78, 5) is 10.9. The van der Waals surface area contributed by atoms with Crippen molar-refractivity contribution in [2.75, 3.05) is 7.11 Å². The summed E-state index contributed by atoms with van der Waals surface area (Å²) in [5.41, 5.74) is 0. The van der Waals surface area contributed by atoms with E-state index in [0.717, 1.165) is 32.1 Å². The van der Waals surface area contributed by atoms with Crippen LogP contribution in [-0.2, 0) is 9.53 Å². The first-order chi connectivity index (χ1) is 11.3. The van der Waals surface area contributed by atoms with Gasteiger partial charge in [-0.15, -0.1) is 0 Å². The molecule has 134 valence electrons. The first-order valence-electron chi connectivity index (χ1n) is 8.51. The second-order valence-corrected chi connectivity index (χ2v) is 5.18. The highest BCUT2D eigenvalue weighted by atomic mass is 17.0. The van der Waals surface area contributed by atoms with Crippen molar-refractivity contribution in [3.63, 3.8) is 0 Å². The zero-order chi connectivity index (χ0) is 17.6. The van der Waals surface area contributed by atoms with Crippen LogP contribution in [-0.4, -0.2) is 18.3 Å². The van der Waals surface area contributed by atoms with E-state index in [1.54, 1.807) is 0 Å². The van der Waals surface area contributed by atoms with Crippen molar-refractivity contribution in [2.45, 2.75) is 71.1 Å². The van der Waals surface area contributed by atoms with Gasteiger partial charge in [0.1, 0.15) is 0 Å². The third kappa shape index (κ3) is 23.0. The summed E-state index contributed by atoms with van der Waals surface area (Å²) in [6.45, 7) is 2.15. The molecule has 1 N–H and O–H groups in total. The van der Waals surface area contributed by atoms with Crippen LogP contribution in [0.3, 0.4) is 0 Å². The highest BCUT2D eigenvalue weighted by Crippen LogP contribution is 2.08. The molecule has 0 aromatic rings. The summed E-state index contributed by atoms with van der Waals surface area (Å²) in [5, 5.41) is 13.0. The predicted octanol–water partition coefficient (Wildman–Crippen LogP) is 4.57. The lowest BCUT2D eigenvalue weighted by Crippen LogP contribution is -1.98. The number of rotatable bonds is 13. The fourth-order valence-corrected chi connectivity index (χ4v) is 1.99. The lowest BCUT2D eigenvalue weighted by Gasteiger charge is -1.99. The van der Waals surface area contributed by atoms with Crippen molar-refractivity contribution in [3.05, 3.63) is 36.5 Å².